The molecule has 3 aromatic carbocycles. The maximum absolute atomic E-state index is 4.93. The monoisotopic (exact) mass is 519 g/mol. The second-order valence-corrected chi connectivity index (χ2v) is 10.6. The van der Waals surface area contributed by atoms with Crippen molar-refractivity contribution in [2.75, 3.05) is 0 Å². The van der Waals surface area contributed by atoms with Crippen molar-refractivity contribution in [3.05, 3.63) is 102 Å². The SMILES string of the molecule is CCn1c(SCc2csc(-c3cccc(C)c3)n2)nnc1-c1cc(-c2ccccc2)nc2ccccc12. The number of nitrogens with zero attached hydrogens (tertiary/aromatic N) is 5. The van der Waals surface area contributed by atoms with Gasteiger partial charge in [0.2, 0.25) is 0 Å². The van der Waals surface area contributed by atoms with E-state index in [4.69, 9.17) is 9.97 Å². The van der Waals surface area contributed by atoms with E-state index in [2.05, 4.69) is 88.6 Å². The molecule has 37 heavy (non-hydrogen) atoms. The van der Waals surface area contributed by atoms with Gasteiger partial charge in [-0.25, -0.2) is 9.97 Å². The third-order valence-electron chi connectivity index (χ3n) is 6.23. The average molecular weight is 520 g/mol. The van der Waals surface area contributed by atoms with Gasteiger partial charge >= 0.3 is 0 Å². The third kappa shape index (κ3) is 4.80. The fraction of sp³-hybridized carbons (Fsp3) is 0.133. The Bertz CT molecular complexity index is 1690. The molecule has 0 unspecified atom stereocenters. The van der Waals surface area contributed by atoms with Crippen LogP contribution in [0, 0.1) is 6.92 Å². The molecule has 3 heterocycles. The van der Waals surface area contributed by atoms with Crippen LogP contribution in [-0.4, -0.2) is 24.7 Å². The van der Waals surface area contributed by atoms with Gasteiger partial charge in [0.1, 0.15) is 5.01 Å². The van der Waals surface area contributed by atoms with Crippen LogP contribution in [0.4, 0.5) is 0 Å². The van der Waals surface area contributed by atoms with Gasteiger partial charge in [-0.05, 0) is 32.0 Å². The predicted molar refractivity (Wildman–Crippen MR) is 154 cm³/mol. The summed E-state index contributed by atoms with van der Waals surface area (Å²) in [7, 11) is 0. The van der Waals surface area contributed by atoms with Crippen molar-refractivity contribution in [1.29, 1.82) is 0 Å². The van der Waals surface area contributed by atoms with E-state index in [9.17, 15) is 0 Å². The van der Waals surface area contributed by atoms with Crippen molar-refractivity contribution < 1.29 is 0 Å². The molecular weight excluding hydrogens is 494 g/mol. The number of benzene rings is 3. The van der Waals surface area contributed by atoms with E-state index in [0.717, 1.165) is 61.7 Å². The Morgan fingerprint density at radius 1 is 0.838 bits per heavy atom. The molecule has 6 rings (SSSR count). The molecule has 6 aromatic rings. The van der Waals surface area contributed by atoms with Gasteiger partial charge in [0.15, 0.2) is 11.0 Å². The molecule has 0 aliphatic carbocycles. The first-order chi connectivity index (χ1) is 18.2. The van der Waals surface area contributed by atoms with E-state index in [1.165, 1.54) is 11.1 Å². The Kier molecular flexibility index (Phi) is 6.55. The lowest BCUT2D eigenvalue weighted by atomic mass is 10.0. The normalized spacial score (nSPS) is 11.3. The van der Waals surface area contributed by atoms with E-state index in [0.29, 0.717) is 0 Å². The number of thioether (sulfide) groups is 1. The van der Waals surface area contributed by atoms with Crippen LogP contribution >= 0.6 is 23.1 Å². The second-order valence-electron chi connectivity index (χ2n) is 8.79. The molecule has 0 saturated carbocycles. The lowest BCUT2D eigenvalue weighted by Crippen LogP contribution is -2.01. The number of aromatic nitrogens is 5. The standard InChI is InChI=1S/C30H25N5S2/c1-3-35-28(25-17-27(21-11-5-4-6-12-21)32-26-15-8-7-14-24(25)26)33-34-30(35)37-19-23-18-36-29(31-23)22-13-9-10-20(2)16-22/h4-18H,3,19H2,1-2H3. The number of hydrogen-bond donors (Lipinski definition) is 0. The molecule has 0 aliphatic rings. The third-order valence-corrected chi connectivity index (χ3v) is 8.17. The van der Waals surface area contributed by atoms with Crippen LogP contribution < -0.4 is 0 Å². The lowest BCUT2D eigenvalue weighted by molar-refractivity contribution is 0.687. The van der Waals surface area contributed by atoms with Gasteiger partial charge in [-0.15, -0.1) is 21.5 Å². The fourth-order valence-corrected chi connectivity index (χ4v) is 6.24. The minimum atomic E-state index is 0.743. The Hall–Kier alpha value is -3.81. The minimum absolute atomic E-state index is 0.743. The van der Waals surface area contributed by atoms with Gasteiger partial charge in [0, 0.05) is 39.8 Å². The van der Waals surface area contributed by atoms with Gasteiger partial charge in [-0.3, -0.25) is 0 Å². The molecule has 5 nitrogen and oxygen atoms in total. The molecule has 7 heteroatoms. The molecule has 0 saturated heterocycles. The number of para-hydroxylation sites is 1. The van der Waals surface area contributed by atoms with E-state index in [-0.39, 0.29) is 0 Å². The van der Waals surface area contributed by atoms with Crippen LogP contribution in [-0.2, 0) is 12.3 Å². The summed E-state index contributed by atoms with van der Waals surface area (Å²) in [5, 5.41) is 14.4. The number of aryl methyl sites for hydroxylation is 1. The van der Waals surface area contributed by atoms with Crippen molar-refractivity contribution in [2.45, 2.75) is 31.3 Å². The highest BCUT2D eigenvalue weighted by Gasteiger charge is 2.18. The molecule has 3 aromatic heterocycles. The Morgan fingerprint density at radius 3 is 2.49 bits per heavy atom. The first-order valence-corrected chi connectivity index (χ1v) is 14.1. The van der Waals surface area contributed by atoms with Crippen LogP contribution in [0.3, 0.4) is 0 Å². The van der Waals surface area contributed by atoms with Crippen LogP contribution in [0.2, 0.25) is 0 Å². The zero-order valence-corrected chi connectivity index (χ0v) is 22.3. The van der Waals surface area contributed by atoms with Crippen molar-refractivity contribution >= 4 is 34.0 Å². The molecule has 0 bridgehead atoms. The second kappa shape index (κ2) is 10.3. The summed E-state index contributed by atoms with van der Waals surface area (Å²) in [5.74, 6) is 1.60. The maximum atomic E-state index is 4.93. The summed E-state index contributed by atoms with van der Waals surface area (Å²) in [5.41, 5.74) is 7.47. The summed E-state index contributed by atoms with van der Waals surface area (Å²) in [6.45, 7) is 5.02. The van der Waals surface area contributed by atoms with Gasteiger partial charge in [0.05, 0.1) is 16.9 Å². The van der Waals surface area contributed by atoms with Gasteiger partial charge in [-0.2, -0.15) is 0 Å². The van der Waals surface area contributed by atoms with E-state index in [1.54, 1.807) is 23.1 Å². The topological polar surface area (TPSA) is 56.5 Å². The van der Waals surface area contributed by atoms with Crippen molar-refractivity contribution in [2.24, 2.45) is 0 Å². The summed E-state index contributed by atoms with van der Waals surface area (Å²) in [6.07, 6.45) is 0. The summed E-state index contributed by atoms with van der Waals surface area (Å²) >= 11 is 3.36. The van der Waals surface area contributed by atoms with E-state index in [1.807, 2.05) is 30.3 Å². The quantitative estimate of drug-likeness (QED) is 0.201. The van der Waals surface area contributed by atoms with Crippen LogP contribution in [0.15, 0.2) is 95.5 Å². The highest BCUT2D eigenvalue weighted by atomic mass is 32.2. The van der Waals surface area contributed by atoms with Crippen LogP contribution in [0.25, 0.3) is 44.1 Å². The van der Waals surface area contributed by atoms with Crippen molar-refractivity contribution in [1.82, 2.24) is 24.7 Å². The summed E-state index contributed by atoms with van der Waals surface area (Å²) < 4.78 is 2.19. The average Bonchev–Trinajstić information content (AvgIpc) is 3.59. The molecule has 182 valence electrons. The Balaban J connectivity index is 1.32. The summed E-state index contributed by atoms with van der Waals surface area (Å²) in [4.78, 5) is 9.81. The smallest absolute Gasteiger partial charge is 0.191 e. The maximum Gasteiger partial charge on any atom is 0.191 e. The van der Waals surface area contributed by atoms with Crippen molar-refractivity contribution in [3.8, 4) is 33.2 Å². The Morgan fingerprint density at radius 2 is 1.65 bits per heavy atom. The number of pyridine rings is 1. The van der Waals surface area contributed by atoms with E-state index < -0.39 is 0 Å². The highest BCUT2D eigenvalue weighted by Crippen LogP contribution is 2.34. The predicted octanol–water partition coefficient (Wildman–Crippen LogP) is 7.90. The van der Waals surface area contributed by atoms with Gasteiger partial charge < -0.3 is 4.57 Å². The van der Waals surface area contributed by atoms with Gasteiger partial charge in [0.25, 0.3) is 0 Å². The zero-order valence-electron chi connectivity index (χ0n) is 20.6. The Labute approximate surface area is 224 Å². The highest BCUT2D eigenvalue weighted by molar-refractivity contribution is 7.98. The molecule has 0 fully saturated rings. The molecule has 0 amide bonds. The van der Waals surface area contributed by atoms with Crippen molar-refractivity contribution in [3.63, 3.8) is 0 Å². The van der Waals surface area contributed by atoms with E-state index >= 15 is 0 Å². The van der Waals surface area contributed by atoms with Crippen LogP contribution in [0.1, 0.15) is 18.2 Å². The van der Waals surface area contributed by atoms with Gasteiger partial charge in [-0.1, -0.05) is 84.1 Å². The molecule has 0 aliphatic heterocycles. The molecule has 0 spiro atoms. The molecule has 0 atom stereocenters. The molecular formula is C30H25N5S2. The minimum Gasteiger partial charge on any atom is -0.302 e. The first-order valence-electron chi connectivity index (χ1n) is 12.2. The molecule has 0 N–H and O–H groups in total. The number of hydrogen-bond acceptors (Lipinski definition) is 6. The largest absolute Gasteiger partial charge is 0.302 e. The lowest BCUT2D eigenvalue weighted by Gasteiger charge is -2.11. The number of thiazole rings is 1. The number of fused-ring (bicyclic) bond motifs is 1. The zero-order chi connectivity index (χ0) is 25.2. The summed E-state index contributed by atoms with van der Waals surface area (Å²) in [6, 6.07) is 29.1. The molecule has 0 radical (unpaired) electrons. The first kappa shape index (κ1) is 23.6. The van der Waals surface area contributed by atoms with Crippen LogP contribution in [0.5, 0.6) is 0 Å². The fourth-order valence-electron chi connectivity index (χ4n) is 4.42. The number of rotatable bonds is 7.